The molecule has 0 radical (unpaired) electrons. The van der Waals surface area contributed by atoms with Crippen LogP contribution in [0.4, 0.5) is 0 Å². The summed E-state index contributed by atoms with van der Waals surface area (Å²) in [6, 6.07) is 7.38. The van der Waals surface area contributed by atoms with E-state index in [-0.39, 0.29) is 11.8 Å². The monoisotopic (exact) mass is 342 g/mol. The van der Waals surface area contributed by atoms with Crippen molar-refractivity contribution >= 4 is 21.8 Å². The molecule has 112 valence electrons. The van der Waals surface area contributed by atoms with Crippen LogP contribution in [-0.2, 0) is 4.79 Å². The zero-order valence-electron chi connectivity index (χ0n) is 12.4. The molecule has 0 fully saturated rings. The first-order valence-electron chi connectivity index (χ1n) is 6.73. The number of carbonyl (C=O) groups excluding carboxylic acids is 1. The highest BCUT2D eigenvalue weighted by Gasteiger charge is 2.30. The van der Waals surface area contributed by atoms with Crippen LogP contribution in [0.2, 0.25) is 0 Å². The molecule has 0 heterocycles. The van der Waals surface area contributed by atoms with Crippen LogP contribution >= 0.6 is 15.9 Å². The normalized spacial score (nSPS) is 15.6. The first-order chi connectivity index (χ1) is 9.28. The number of hydrogen-bond donors (Lipinski definition) is 2. The lowest BCUT2D eigenvalue weighted by Crippen LogP contribution is -2.57. The SMILES string of the molecule is CC(Oc1ccc(Br)cc1)C(=O)NC(C)(CN)C(C)C. The number of benzene rings is 1. The van der Waals surface area contributed by atoms with E-state index in [9.17, 15) is 4.79 Å². The Morgan fingerprint density at radius 1 is 1.35 bits per heavy atom. The molecule has 20 heavy (non-hydrogen) atoms. The highest BCUT2D eigenvalue weighted by Crippen LogP contribution is 2.18. The van der Waals surface area contributed by atoms with Gasteiger partial charge in [-0.2, -0.15) is 0 Å². The van der Waals surface area contributed by atoms with Gasteiger partial charge in [0.2, 0.25) is 0 Å². The topological polar surface area (TPSA) is 64.3 Å². The fourth-order valence-electron chi connectivity index (χ4n) is 1.58. The van der Waals surface area contributed by atoms with Crippen molar-refractivity contribution in [2.24, 2.45) is 11.7 Å². The maximum atomic E-state index is 12.2. The number of hydrogen-bond acceptors (Lipinski definition) is 3. The van der Waals surface area contributed by atoms with Crippen LogP contribution in [0, 0.1) is 5.92 Å². The molecule has 1 amide bonds. The smallest absolute Gasteiger partial charge is 0.261 e. The Hall–Kier alpha value is -1.07. The fourth-order valence-corrected chi connectivity index (χ4v) is 1.85. The first kappa shape index (κ1) is 17.0. The average molecular weight is 343 g/mol. The summed E-state index contributed by atoms with van der Waals surface area (Å²) in [5.74, 6) is 0.751. The zero-order chi connectivity index (χ0) is 15.3. The van der Waals surface area contributed by atoms with Gasteiger partial charge in [-0.15, -0.1) is 0 Å². The van der Waals surface area contributed by atoms with Crippen LogP contribution in [0.5, 0.6) is 5.75 Å². The van der Waals surface area contributed by atoms with Crippen molar-refractivity contribution in [3.63, 3.8) is 0 Å². The minimum absolute atomic E-state index is 0.158. The summed E-state index contributed by atoms with van der Waals surface area (Å²) in [4.78, 5) is 12.2. The molecule has 0 aliphatic rings. The molecule has 2 atom stereocenters. The van der Waals surface area contributed by atoms with Crippen LogP contribution in [0.25, 0.3) is 0 Å². The number of amides is 1. The van der Waals surface area contributed by atoms with Gasteiger partial charge in [0, 0.05) is 11.0 Å². The molecule has 0 aliphatic carbocycles. The molecule has 1 aromatic rings. The molecule has 3 N–H and O–H groups in total. The summed E-state index contributed by atoms with van der Waals surface area (Å²) in [5.41, 5.74) is 5.34. The number of ether oxygens (including phenoxy) is 1. The molecular formula is C15H23BrN2O2. The number of nitrogens with one attached hydrogen (secondary N) is 1. The Bertz CT molecular complexity index is 448. The molecule has 0 aromatic heterocycles. The Labute approximate surface area is 129 Å². The average Bonchev–Trinajstić information content (AvgIpc) is 2.40. The van der Waals surface area contributed by atoms with Crippen LogP contribution in [0.3, 0.4) is 0 Å². The Balaban J connectivity index is 2.65. The maximum absolute atomic E-state index is 12.2. The van der Waals surface area contributed by atoms with Gasteiger partial charge >= 0.3 is 0 Å². The summed E-state index contributed by atoms with van der Waals surface area (Å²) in [6.07, 6.45) is -0.569. The quantitative estimate of drug-likeness (QED) is 0.835. The van der Waals surface area contributed by atoms with Crippen LogP contribution in [0.15, 0.2) is 28.7 Å². The highest BCUT2D eigenvalue weighted by atomic mass is 79.9. The summed E-state index contributed by atoms with van der Waals surface area (Å²) in [5, 5.41) is 2.98. The summed E-state index contributed by atoms with van der Waals surface area (Å²) in [7, 11) is 0. The lowest BCUT2D eigenvalue weighted by atomic mass is 9.88. The van der Waals surface area contributed by atoms with Crippen molar-refractivity contribution in [1.82, 2.24) is 5.32 Å². The molecule has 5 heteroatoms. The molecular weight excluding hydrogens is 320 g/mol. The third-order valence-corrected chi connectivity index (χ3v) is 4.13. The van der Waals surface area contributed by atoms with E-state index in [1.807, 2.05) is 45.0 Å². The lowest BCUT2D eigenvalue weighted by molar-refractivity contribution is -0.129. The number of carbonyl (C=O) groups is 1. The first-order valence-corrected chi connectivity index (χ1v) is 7.52. The van der Waals surface area contributed by atoms with Gasteiger partial charge in [0.05, 0.1) is 5.54 Å². The Morgan fingerprint density at radius 2 is 1.90 bits per heavy atom. The molecule has 0 aliphatic heterocycles. The minimum Gasteiger partial charge on any atom is -0.481 e. The third kappa shape index (κ3) is 4.49. The van der Waals surface area contributed by atoms with Gasteiger partial charge < -0.3 is 15.8 Å². The van der Waals surface area contributed by atoms with Gasteiger partial charge in [0.1, 0.15) is 5.75 Å². The van der Waals surface area contributed by atoms with E-state index in [2.05, 4.69) is 21.2 Å². The van der Waals surface area contributed by atoms with Gasteiger partial charge in [-0.05, 0) is 44.0 Å². The predicted molar refractivity (Wildman–Crippen MR) is 84.7 cm³/mol. The summed E-state index contributed by atoms with van der Waals surface area (Å²) >= 11 is 3.36. The van der Waals surface area contributed by atoms with Gasteiger partial charge in [0.15, 0.2) is 6.10 Å². The number of rotatable bonds is 6. The van der Waals surface area contributed by atoms with Crippen LogP contribution in [0.1, 0.15) is 27.7 Å². The van der Waals surface area contributed by atoms with Crippen molar-refractivity contribution in [1.29, 1.82) is 0 Å². The van der Waals surface area contributed by atoms with Crippen molar-refractivity contribution in [2.45, 2.75) is 39.3 Å². The van der Waals surface area contributed by atoms with Gasteiger partial charge in [0.25, 0.3) is 5.91 Å². The molecule has 2 unspecified atom stereocenters. The van der Waals surface area contributed by atoms with Crippen LogP contribution in [-0.4, -0.2) is 24.1 Å². The zero-order valence-corrected chi connectivity index (χ0v) is 14.0. The van der Waals surface area contributed by atoms with Gasteiger partial charge in [-0.1, -0.05) is 29.8 Å². The highest BCUT2D eigenvalue weighted by molar-refractivity contribution is 9.10. The molecule has 1 aromatic carbocycles. The number of nitrogens with two attached hydrogens (primary N) is 1. The van der Waals surface area contributed by atoms with E-state index in [0.29, 0.717) is 12.3 Å². The summed E-state index contributed by atoms with van der Waals surface area (Å²) < 4.78 is 6.60. The molecule has 0 saturated carbocycles. The van der Waals surface area contributed by atoms with Crippen molar-refractivity contribution in [2.75, 3.05) is 6.54 Å². The molecule has 0 spiro atoms. The van der Waals surface area contributed by atoms with Crippen molar-refractivity contribution in [3.8, 4) is 5.75 Å². The second-order valence-electron chi connectivity index (χ2n) is 5.48. The largest absolute Gasteiger partial charge is 0.481 e. The molecule has 0 saturated heterocycles. The summed E-state index contributed by atoms with van der Waals surface area (Å²) in [6.45, 7) is 8.14. The fraction of sp³-hybridized carbons (Fsp3) is 0.533. The van der Waals surface area contributed by atoms with E-state index >= 15 is 0 Å². The standard InChI is InChI=1S/C15H23BrN2O2/c1-10(2)15(4,9-17)18-14(19)11(3)20-13-7-5-12(16)6-8-13/h5-8,10-11H,9,17H2,1-4H3,(H,18,19). The van der Waals surface area contributed by atoms with Crippen LogP contribution < -0.4 is 15.8 Å². The Kier molecular flexibility index (Phi) is 6.02. The van der Waals surface area contributed by atoms with E-state index in [0.717, 1.165) is 4.47 Å². The van der Waals surface area contributed by atoms with E-state index in [1.54, 1.807) is 6.92 Å². The molecule has 4 nitrogen and oxygen atoms in total. The maximum Gasteiger partial charge on any atom is 0.261 e. The lowest BCUT2D eigenvalue weighted by Gasteiger charge is -2.34. The van der Waals surface area contributed by atoms with E-state index < -0.39 is 11.6 Å². The second-order valence-corrected chi connectivity index (χ2v) is 6.40. The van der Waals surface area contributed by atoms with E-state index in [1.165, 1.54) is 0 Å². The minimum atomic E-state index is -0.569. The molecule has 0 bridgehead atoms. The Morgan fingerprint density at radius 3 is 2.35 bits per heavy atom. The van der Waals surface area contributed by atoms with E-state index in [4.69, 9.17) is 10.5 Å². The predicted octanol–water partition coefficient (Wildman–Crippen LogP) is 2.71. The number of halogens is 1. The van der Waals surface area contributed by atoms with Gasteiger partial charge in [-0.3, -0.25) is 4.79 Å². The third-order valence-electron chi connectivity index (χ3n) is 3.60. The van der Waals surface area contributed by atoms with Crippen molar-refractivity contribution < 1.29 is 9.53 Å². The van der Waals surface area contributed by atoms with Gasteiger partial charge in [-0.25, -0.2) is 0 Å². The van der Waals surface area contributed by atoms with Crippen molar-refractivity contribution in [3.05, 3.63) is 28.7 Å². The second kappa shape index (κ2) is 7.09. The molecule has 1 rings (SSSR count).